The van der Waals surface area contributed by atoms with Gasteiger partial charge in [-0.1, -0.05) is 60.7 Å². The molecule has 0 atom stereocenters. The minimum absolute atomic E-state index is 0.777. The summed E-state index contributed by atoms with van der Waals surface area (Å²) in [5.41, 5.74) is 2.54. The fourth-order valence-electron chi connectivity index (χ4n) is 4.14. The average Bonchev–Trinajstić information content (AvgIpc) is 3.11. The number of nitrogens with zero attached hydrogens (tertiary/aromatic N) is 3. The van der Waals surface area contributed by atoms with E-state index in [0.717, 1.165) is 47.8 Å². The van der Waals surface area contributed by atoms with E-state index >= 15 is 0 Å². The van der Waals surface area contributed by atoms with Crippen LogP contribution in [0.2, 0.25) is 0 Å². The van der Waals surface area contributed by atoms with E-state index in [4.69, 9.17) is 14.8 Å². The largest absolute Gasteiger partial charge is 0.461 e. The minimum Gasteiger partial charge on any atom is -0.461 e. The first-order valence-corrected chi connectivity index (χ1v) is 9.25. The lowest BCUT2D eigenvalue weighted by atomic mass is 9.89. The Labute approximate surface area is 153 Å². The highest BCUT2D eigenvalue weighted by molar-refractivity contribution is 5.66. The molecule has 3 aromatic rings. The van der Waals surface area contributed by atoms with Crippen LogP contribution in [0.25, 0.3) is 5.57 Å². The van der Waals surface area contributed by atoms with Gasteiger partial charge in [0.1, 0.15) is 11.6 Å². The highest BCUT2D eigenvalue weighted by Crippen LogP contribution is 2.47. The molecular weight excluding hydrogens is 322 g/mol. The van der Waals surface area contributed by atoms with Crippen LogP contribution in [0.15, 0.2) is 66.4 Å². The van der Waals surface area contributed by atoms with Gasteiger partial charge in [0.2, 0.25) is 0 Å². The maximum atomic E-state index is 6.83. The predicted molar refractivity (Wildman–Crippen MR) is 100 cm³/mol. The van der Waals surface area contributed by atoms with Crippen LogP contribution in [0.1, 0.15) is 48.5 Å². The number of hydrogen-bond acceptors (Lipinski definition) is 3. The van der Waals surface area contributed by atoms with Gasteiger partial charge in [0.15, 0.2) is 5.82 Å². The van der Waals surface area contributed by atoms with Gasteiger partial charge in [0.25, 0.3) is 5.72 Å². The van der Waals surface area contributed by atoms with E-state index in [1.807, 2.05) is 23.7 Å². The van der Waals surface area contributed by atoms with E-state index < -0.39 is 5.72 Å². The molecule has 0 saturated carbocycles. The number of benzene rings is 2. The van der Waals surface area contributed by atoms with Crippen molar-refractivity contribution in [3.63, 3.8) is 0 Å². The minimum atomic E-state index is -0.810. The second kappa shape index (κ2) is 5.84. The molecule has 1 aromatic heterocycles. The number of hydrogen-bond donors (Lipinski definition) is 0. The number of allylic oxidation sites excluding steroid dienone is 2. The second-order valence-corrected chi connectivity index (χ2v) is 6.98. The molecule has 5 rings (SSSR count). The van der Waals surface area contributed by atoms with E-state index in [9.17, 15) is 0 Å². The standard InChI is InChI=1S/C22H21N3O/c1-16-23-21-19-14-8-9-15-20(19)26-22(25(21)24-16,17-10-4-2-5-11-17)18-12-6-3-7-13-18/h2-7,10-13H,8-9,14-15H2,1H3. The molecule has 1 aliphatic heterocycles. The Morgan fingerprint density at radius 2 is 1.50 bits per heavy atom. The summed E-state index contributed by atoms with van der Waals surface area (Å²) in [6.07, 6.45) is 4.30. The van der Waals surface area contributed by atoms with Crippen LogP contribution in [-0.2, 0) is 10.5 Å². The van der Waals surface area contributed by atoms with E-state index in [0.29, 0.717) is 0 Å². The Kier molecular flexibility index (Phi) is 3.45. The Morgan fingerprint density at radius 1 is 0.885 bits per heavy atom. The summed E-state index contributed by atoms with van der Waals surface area (Å²) >= 11 is 0. The summed E-state index contributed by atoms with van der Waals surface area (Å²) < 4.78 is 8.83. The Morgan fingerprint density at radius 3 is 2.15 bits per heavy atom. The molecule has 0 saturated heterocycles. The molecular formula is C22H21N3O. The number of aromatic nitrogens is 3. The zero-order valence-corrected chi connectivity index (χ0v) is 14.9. The lowest BCUT2D eigenvalue weighted by molar-refractivity contribution is -0.0169. The molecule has 4 nitrogen and oxygen atoms in total. The number of aryl methyl sites for hydroxylation is 1. The topological polar surface area (TPSA) is 39.9 Å². The van der Waals surface area contributed by atoms with Crippen molar-refractivity contribution in [3.05, 3.63) is 89.2 Å². The quantitative estimate of drug-likeness (QED) is 0.680. The molecule has 26 heavy (non-hydrogen) atoms. The zero-order valence-electron chi connectivity index (χ0n) is 14.9. The lowest BCUT2D eigenvalue weighted by Gasteiger charge is -2.41. The summed E-state index contributed by atoms with van der Waals surface area (Å²) in [5.74, 6) is 2.80. The molecule has 0 fully saturated rings. The summed E-state index contributed by atoms with van der Waals surface area (Å²) in [6, 6.07) is 20.7. The molecule has 0 unspecified atom stereocenters. The van der Waals surface area contributed by atoms with Gasteiger partial charge in [-0.25, -0.2) is 4.98 Å². The monoisotopic (exact) mass is 343 g/mol. The fourth-order valence-corrected chi connectivity index (χ4v) is 4.14. The van der Waals surface area contributed by atoms with Gasteiger partial charge in [0, 0.05) is 23.1 Å². The lowest BCUT2D eigenvalue weighted by Crippen LogP contribution is -2.44. The van der Waals surface area contributed by atoms with Gasteiger partial charge in [-0.05, 0) is 26.2 Å². The smallest absolute Gasteiger partial charge is 0.255 e. The third-order valence-electron chi connectivity index (χ3n) is 5.30. The van der Waals surface area contributed by atoms with E-state index in [-0.39, 0.29) is 0 Å². The van der Waals surface area contributed by atoms with Crippen molar-refractivity contribution in [1.82, 2.24) is 14.8 Å². The predicted octanol–water partition coefficient (Wildman–Crippen LogP) is 4.65. The summed E-state index contributed by atoms with van der Waals surface area (Å²) in [6.45, 7) is 1.95. The van der Waals surface area contributed by atoms with Crippen LogP contribution >= 0.6 is 0 Å². The van der Waals surface area contributed by atoms with Crippen LogP contribution in [0.3, 0.4) is 0 Å². The van der Waals surface area contributed by atoms with Crippen molar-refractivity contribution in [1.29, 1.82) is 0 Å². The van der Waals surface area contributed by atoms with Gasteiger partial charge >= 0.3 is 0 Å². The second-order valence-electron chi connectivity index (χ2n) is 6.98. The Hall–Kier alpha value is -2.88. The molecule has 2 heterocycles. The summed E-state index contributed by atoms with van der Waals surface area (Å²) in [7, 11) is 0. The van der Waals surface area contributed by atoms with Crippen LogP contribution in [0.5, 0.6) is 0 Å². The summed E-state index contributed by atoms with van der Waals surface area (Å²) in [4.78, 5) is 4.80. The molecule has 2 aromatic carbocycles. The Balaban J connectivity index is 1.85. The SMILES string of the molecule is Cc1nc2n(n1)C(c1ccccc1)(c1ccccc1)OC1=C2CCCC1. The van der Waals surface area contributed by atoms with Crippen molar-refractivity contribution in [2.75, 3.05) is 0 Å². The van der Waals surface area contributed by atoms with Gasteiger partial charge in [-0.3, -0.25) is 0 Å². The molecule has 0 spiro atoms. The molecule has 0 radical (unpaired) electrons. The fraction of sp³-hybridized carbons (Fsp3) is 0.273. The van der Waals surface area contributed by atoms with Crippen LogP contribution in [-0.4, -0.2) is 14.8 Å². The van der Waals surface area contributed by atoms with Crippen LogP contribution in [0.4, 0.5) is 0 Å². The zero-order chi connectivity index (χ0) is 17.6. The maximum Gasteiger partial charge on any atom is 0.255 e. The molecule has 4 heteroatoms. The Bertz CT molecular complexity index is 934. The molecule has 2 aliphatic rings. The molecule has 0 amide bonds. The van der Waals surface area contributed by atoms with Crippen LogP contribution in [0, 0.1) is 6.92 Å². The van der Waals surface area contributed by atoms with Crippen LogP contribution < -0.4 is 0 Å². The third-order valence-corrected chi connectivity index (χ3v) is 5.30. The van der Waals surface area contributed by atoms with Crippen molar-refractivity contribution in [2.24, 2.45) is 0 Å². The normalized spacial score (nSPS) is 18.0. The first-order chi connectivity index (χ1) is 12.8. The molecule has 1 aliphatic carbocycles. The van der Waals surface area contributed by atoms with E-state index in [1.165, 1.54) is 12.0 Å². The maximum absolute atomic E-state index is 6.83. The van der Waals surface area contributed by atoms with Gasteiger partial charge < -0.3 is 4.74 Å². The van der Waals surface area contributed by atoms with Gasteiger partial charge in [0.05, 0.1) is 0 Å². The van der Waals surface area contributed by atoms with E-state index in [2.05, 4.69) is 48.5 Å². The molecule has 0 N–H and O–H groups in total. The number of rotatable bonds is 2. The van der Waals surface area contributed by atoms with Crippen molar-refractivity contribution < 1.29 is 4.74 Å². The molecule has 130 valence electrons. The molecule has 0 bridgehead atoms. The average molecular weight is 343 g/mol. The third kappa shape index (κ3) is 2.15. The van der Waals surface area contributed by atoms with Gasteiger partial charge in [-0.15, -0.1) is 0 Å². The number of ether oxygens (including phenoxy) is 1. The van der Waals surface area contributed by atoms with E-state index in [1.54, 1.807) is 0 Å². The first-order valence-electron chi connectivity index (χ1n) is 9.25. The summed E-state index contributed by atoms with van der Waals surface area (Å²) in [5, 5.41) is 4.79. The van der Waals surface area contributed by atoms with Crippen molar-refractivity contribution in [2.45, 2.75) is 38.3 Å². The first kappa shape index (κ1) is 15.4. The van der Waals surface area contributed by atoms with Crippen molar-refractivity contribution >= 4 is 5.57 Å². The number of fused-ring (bicyclic) bond motifs is 2. The highest BCUT2D eigenvalue weighted by atomic mass is 16.5. The van der Waals surface area contributed by atoms with Crippen molar-refractivity contribution in [3.8, 4) is 0 Å². The van der Waals surface area contributed by atoms with Gasteiger partial charge in [-0.2, -0.15) is 9.78 Å². The highest BCUT2D eigenvalue weighted by Gasteiger charge is 2.47.